The Morgan fingerprint density at radius 2 is 1.87 bits per heavy atom. The van der Waals surface area contributed by atoms with E-state index in [4.69, 9.17) is 4.43 Å². The van der Waals surface area contributed by atoms with E-state index in [2.05, 4.69) is 75.5 Å². The van der Waals surface area contributed by atoms with Crippen molar-refractivity contribution in [2.45, 2.75) is 103 Å². The third-order valence-corrected chi connectivity index (χ3v) is 10.9. The van der Waals surface area contributed by atoms with Crippen LogP contribution in [0, 0.1) is 35.5 Å². The second-order valence-electron chi connectivity index (χ2n) is 9.77. The summed E-state index contributed by atoms with van der Waals surface area (Å²) in [5.41, 5.74) is 3.33. The number of hydrogen-bond acceptors (Lipinski definition) is 2. The fourth-order valence-electron chi connectivity index (χ4n) is 3.32. The van der Waals surface area contributed by atoms with Crippen molar-refractivity contribution in [2.75, 3.05) is 6.61 Å². The Hall–Kier alpha value is -1.70. The van der Waals surface area contributed by atoms with Gasteiger partial charge < -0.3 is 9.53 Å². The van der Waals surface area contributed by atoms with Gasteiger partial charge in [-0.2, -0.15) is 0 Å². The van der Waals surface area contributed by atoms with Gasteiger partial charge in [0.15, 0.2) is 8.32 Å². The lowest BCUT2D eigenvalue weighted by atomic mass is 9.99. The van der Waals surface area contributed by atoms with E-state index in [1.54, 1.807) is 0 Å². The van der Waals surface area contributed by atoms with Gasteiger partial charge >= 0.3 is 0 Å². The van der Waals surface area contributed by atoms with Gasteiger partial charge in [-0.1, -0.05) is 50.5 Å². The predicted octanol–water partition coefficient (Wildman–Crippen LogP) is 6.14. The molecule has 0 heterocycles. The van der Waals surface area contributed by atoms with Crippen molar-refractivity contribution < 1.29 is 9.53 Å². The molecule has 1 atom stereocenters. The SMILES string of the molecule is CC(C)(C)[Si](C)(C)OCCCC#CC#CC(O)C1=C(C#CC2=CCCCC2)CCC1. The quantitative estimate of drug-likeness (QED) is 0.327. The average Bonchev–Trinajstić information content (AvgIpc) is 3.17. The molecule has 30 heavy (non-hydrogen) atoms. The van der Waals surface area contributed by atoms with Gasteiger partial charge in [-0.05, 0) is 92.5 Å². The Balaban J connectivity index is 1.82. The molecular formula is C27H38O2Si. The Bertz CT molecular complexity index is 835. The zero-order chi connectivity index (χ0) is 22.0. The molecule has 0 aromatic heterocycles. The van der Waals surface area contributed by atoms with E-state index in [0.717, 1.165) is 62.7 Å². The van der Waals surface area contributed by atoms with Gasteiger partial charge in [0.1, 0.15) is 6.10 Å². The summed E-state index contributed by atoms with van der Waals surface area (Å²) in [7, 11) is -1.66. The van der Waals surface area contributed by atoms with E-state index >= 15 is 0 Å². The van der Waals surface area contributed by atoms with Crippen LogP contribution in [0.1, 0.15) is 78.6 Å². The molecule has 1 N–H and O–H groups in total. The summed E-state index contributed by atoms with van der Waals surface area (Å²) in [6, 6.07) is 0. The van der Waals surface area contributed by atoms with Gasteiger partial charge in [-0.15, -0.1) is 0 Å². The molecule has 0 radical (unpaired) electrons. The topological polar surface area (TPSA) is 29.5 Å². The monoisotopic (exact) mass is 422 g/mol. The third kappa shape index (κ3) is 7.85. The molecule has 2 rings (SSSR count). The van der Waals surface area contributed by atoms with Gasteiger partial charge in [-0.3, -0.25) is 0 Å². The van der Waals surface area contributed by atoms with Gasteiger partial charge in [0.25, 0.3) is 0 Å². The molecule has 0 amide bonds. The summed E-state index contributed by atoms with van der Waals surface area (Å²) < 4.78 is 6.16. The van der Waals surface area contributed by atoms with E-state index < -0.39 is 14.4 Å². The van der Waals surface area contributed by atoms with Crippen molar-refractivity contribution in [1.29, 1.82) is 0 Å². The molecule has 0 aromatic rings. The van der Waals surface area contributed by atoms with Crippen molar-refractivity contribution in [3.8, 4) is 35.5 Å². The van der Waals surface area contributed by atoms with E-state index in [1.807, 2.05) is 0 Å². The average molecular weight is 423 g/mol. The van der Waals surface area contributed by atoms with Crippen LogP contribution in [0.2, 0.25) is 18.1 Å². The van der Waals surface area contributed by atoms with Crippen molar-refractivity contribution in [3.05, 3.63) is 22.8 Å². The maximum absolute atomic E-state index is 10.5. The molecule has 0 fully saturated rings. The van der Waals surface area contributed by atoms with Gasteiger partial charge in [-0.25, -0.2) is 0 Å². The van der Waals surface area contributed by atoms with E-state index in [1.165, 1.54) is 18.4 Å². The van der Waals surface area contributed by atoms with Crippen LogP contribution >= 0.6 is 0 Å². The Morgan fingerprint density at radius 3 is 2.57 bits per heavy atom. The molecular weight excluding hydrogens is 384 g/mol. The van der Waals surface area contributed by atoms with Gasteiger partial charge in [0, 0.05) is 18.6 Å². The first kappa shape index (κ1) is 24.6. The first-order chi connectivity index (χ1) is 14.2. The van der Waals surface area contributed by atoms with Crippen molar-refractivity contribution in [1.82, 2.24) is 0 Å². The first-order valence-electron chi connectivity index (χ1n) is 11.4. The second-order valence-corrected chi connectivity index (χ2v) is 14.6. The van der Waals surface area contributed by atoms with Crippen LogP contribution in [0.4, 0.5) is 0 Å². The largest absolute Gasteiger partial charge is 0.417 e. The molecule has 0 saturated carbocycles. The smallest absolute Gasteiger partial charge is 0.191 e. The lowest BCUT2D eigenvalue weighted by molar-refractivity contribution is 0.265. The molecule has 0 saturated heterocycles. The highest BCUT2D eigenvalue weighted by molar-refractivity contribution is 6.74. The minimum absolute atomic E-state index is 0.242. The highest BCUT2D eigenvalue weighted by Gasteiger charge is 2.36. The minimum atomic E-state index is -1.66. The Labute approximate surface area is 185 Å². The second kappa shape index (κ2) is 11.6. The summed E-state index contributed by atoms with van der Waals surface area (Å²) >= 11 is 0. The number of aliphatic hydroxyl groups is 1. The van der Waals surface area contributed by atoms with Gasteiger partial charge in [0.2, 0.25) is 0 Å². The third-order valence-electron chi connectivity index (χ3n) is 6.33. The summed E-state index contributed by atoms with van der Waals surface area (Å²) in [6.45, 7) is 12.1. The molecule has 2 nitrogen and oxygen atoms in total. The van der Waals surface area contributed by atoms with E-state index in [9.17, 15) is 5.11 Å². The Kier molecular flexibility index (Phi) is 9.52. The number of unbranched alkanes of at least 4 members (excludes halogenated alkanes) is 1. The minimum Gasteiger partial charge on any atom is -0.417 e. The number of rotatable bonds is 5. The zero-order valence-corrected chi connectivity index (χ0v) is 20.6. The molecule has 2 aliphatic rings. The predicted molar refractivity (Wildman–Crippen MR) is 129 cm³/mol. The summed E-state index contributed by atoms with van der Waals surface area (Å²) in [4.78, 5) is 0. The highest BCUT2D eigenvalue weighted by atomic mass is 28.4. The van der Waals surface area contributed by atoms with Crippen LogP contribution in [0.5, 0.6) is 0 Å². The number of aliphatic hydroxyl groups excluding tert-OH is 1. The van der Waals surface area contributed by atoms with Crippen LogP contribution in [0.15, 0.2) is 22.8 Å². The normalized spacial score (nSPS) is 17.7. The maximum atomic E-state index is 10.5. The van der Waals surface area contributed by atoms with Crippen LogP contribution in [0.25, 0.3) is 0 Å². The molecule has 2 aliphatic carbocycles. The first-order valence-corrected chi connectivity index (χ1v) is 14.3. The highest BCUT2D eigenvalue weighted by Crippen LogP contribution is 2.36. The fourth-order valence-corrected chi connectivity index (χ4v) is 4.41. The number of hydrogen-bond donors (Lipinski definition) is 1. The fraction of sp³-hybridized carbons (Fsp3) is 0.630. The lowest BCUT2D eigenvalue weighted by Gasteiger charge is -2.36. The zero-order valence-electron chi connectivity index (χ0n) is 19.6. The maximum Gasteiger partial charge on any atom is 0.191 e. The molecule has 0 aliphatic heterocycles. The van der Waals surface area contributed by atoms with Crippen LogP contribution < -0.4 is 0 Å². The van der Waals surface area contributed by atoms with Gasteiger partial charge in [0.05, 0.1) is 0 Å². The molecule has 162 valence electrons. The van der Waals surface area contributed by atoms with Crippen molar-refractivity contribution >= 4 is 8.32 Å². The summed E-state index contributed by atoms with van der Waals surface area (Å²) in [5, 5.41) is 10.7. The lowest BCUT2D eigenvalue weighted by Crippen LogP contribution is -2.40. The van der Waals surface area contributed by atoms with Crippen LogP contribution in [-0.2, 0) is 4.43 Å². The molecule has 0 bridgehead atoms. The standard InChI is InChI=1S/C27H38O2Si/c1-27(2,3)30(4,5)29-22-13-8-6-7-12-19-26(28)25-18-14-17-24(25)21-20-23-15-10-9-11-16-23/h15,26,28H,8-11,13-14,16-18,22H2,1-5H3. The van der Waals surface area contributed by atoms with Crippen LogP contribution in [0.3, 0.4) is 0 Å². The van der Waals surface area contributed by atoms with Crippen molar-refractivity contribution in [2.24, 2.45) is 0 Å². The number of allylic oxidation sites excluding steroid dienone is 3. The molecule has 0 aromatic carbocycles. The molecule has 1 unspecified atom stereocenters. The summed E-state index contributed by atoms with van der Waals surface area (Å²) in [6.07, 6.45) is 10.9. The summed E-state index contributed by atoms with van der Waals surface area (Å²) in [5.74, 6) is 18.3. The van der Waals surface area contributed by atoms with E-state index in [0.29, 0.717) is 0 Å². The molecule has 3 heteroatoms. The van der Waals surface area contributed by atoms with E-state index in [-0.39, 0.29) is 5.04 Å². The molecule has 0 spiro atoms. The van der Waals surface area contributed by atoms with Crippen molar-refractivity contribution in [3.63, 3.8) is 0 Å². The van der Waals surface area contributed by atoms with Crippen LogP contribution in [-0.4, -0.2) is 26.1 Å². The Morgan fingerprint density at radius 1 is 1.07 bits per heavy atom.